The molecule has 0 N–H and O–H groups in total. The van der Waals surface area contributed by atoms with E-state index in [0.29, 0.717) is 34.3 Å². The number of hydrogen-bond acceptors (Lipinski definition) is 4. The van der Waals surface area contributed by atoms with Crippen molar-refractivity contribution in [3.8, 4) is 0 Å². The number of Topliss-reactive ketones (excluding diaryl/α,β-unsaturated/α-hetero) is 2. The third-order valence-corrected chi connectivity index (χ3v) is 7.49. The van der Waals surface area contributed by atoms with Gasteiger partial charge < -0.3 is 4.90 Å². The summed E-state index contributed by atoms with van der Waals surface area (Å²) in [4.78, 5) is 43.9. The van der Waals surface area contributed by atoms with Crippen LogP contribution < -0.4 is 0 Å². The molecule has 3 aromatic carbocycles. The lowest BCUT2D eigenvalue weighted by atomic mass is 9.68. The van der Waals surface area contributed by atoms with Crippen LogP contribution in [0.3, 0.4) is 0 Å². The van der Waals surface area contributed by atoms with Crippen molar-refractivity contribution in [3.05, 3.63) is 106 Å². The topological polar surface area (TPSA) is 57.7 Å². The number of nitrogens with zero attached hydrogens (tertiary/aromatic N) is 2. The molecule has 0 unspecified atom stereocenters. The van der Waals surface area contributed by atoms with Crippen LogP contribution in [0.25, 0.3) is 0 Å². The Morgan fingerprint density at radius 3 is 1.72 bits per heavy atom. The number of ketones is 2. The molecule has 0 spiro atoms. The van der Waals surface area contributed by atoms with Gasteiger partial charge in [0.25, 0.3) is 0 Å². The number of halogens is 2. The fraction of sp³-hybridized carbons (Fsp3) is 0.276. The van der Waals surface area contributed by atoms with Gasteiger partial charge in [-0.15, -0.1) is 0 Å². The van der Waals surface area contributed by atoms with Crippen LogP contribution in [0.15, 0.2) is 78.9 Å². The van der Waals surface area contributed by atoms with E-state index in [4.69, 9.17) is 23.2 Å². The van der Waals surface area contributed by atoms with E-state index in [1.165, 1.54) is 4.90 Å². The minimum absolute atomic E-state index is 0.0699. The first kappa shape index (κ1) is 26.1. The van der Waals surface area contributed by atoms with Crippen molar-refractivity contribution in [2.45, 2.75) is 5.92 Å². The van der Waals surface area contributed by atoms with Crippen molar-refractivity contribution in [3.63, 3.8) is 0 Å². The maximum absolute atomic E-state index is 13.9. The summed E-state index contributed by atoms with van der Waals surface area (Å²) in [6, 6.07) is 23.5. The fourth-order valence-corrected chi connectivity index (χ4v) is 5.22. The van der Waals surface area contributed by atoms with Gasteiger partial charge in [-0.25, -0.2) is 0 Å². The Labute approximate surface area is 221 Å². The van der Waals surface area contributed by atoms with E-state index in [2.05, 4.69) is 0 Å². The largest absolute Gasteiger partial charge is 0.348 e. The summed E-state index contributed by atoms with van der Waals surface area (Å²) < 4.78 is 0. The summed E-state index contributed by atoms with van der Waals surface area (Å²) in [7, 11) is 3.40. The predicted molar refractivity (Wildman–Crippen MR) is 143 cm³/mol. The second-order valence-corrected chi connectivity index (χ2v) is 10.2. The van der Waals surface area contributed by atoms with Gasteiger partial charge in [0.05, 0.1) is 16.6 Å². The molecule has 1 heterocycles. The van der Waals surface area contributed by atoms with E-state index in [1.54, 1.807) is 50.5 Å². The highest BCUT2D eigenvalue weighted by atomic mass is 35.5. The van der Waals surface area contributed by atoms with Crippen molar-refractivity contribution >= 4 is 40.7 Å². The van der Waals surface area contributed by atoms with Gasteiger partial charge in [0.2, 0.25) is 5.91 Å². The molecule has 7 heteroatoms. The minimum Gasteiger partial charge on any atom is -0.348 e. The average molecular weight is 523 g/mol. The van der Waals surface area contributed by atoms with Gasteiger partial charge in [0, 0.05) is 56.1 Å². The summed E-state index contributed by atoms with van der Waals surface area (Å²) in [6.07, 6.45) is 0. The molecular weight excluding hydrogens is 495 g/mol. The Balaban J connectivity index is 1.82. The Kier molecular flexibility index (Phi) is 8.24. The van der Waals surface area contributed by atoms with Crippen LogP contribution in [0, 0.1) is 11.8 Å². The third kappa shape index (κ3) is 5.70. The lowest BCUT2D eigenvalue weighted by Crippen LogP contribution is -2.52. The number of hydrogen-bond donors (Lipinski definition) is 0. The van der Waals surface area contributed by atoms with Crippen LogP contribution in [0.4, 0.5) is 0 Å². The van der Waals surface area contributed by atoms with Gasteiger partial charge >= 0.3 is 0 Å². The highest BCUT2D eigenvalue weighted by Gasteiger charge is 2.45. The molecule has 36 heavy (non-hydrogen) atoms. The number of carbonyl (C=O) groups is 3. The first-order chi connectivity index (χ1) is 17.3. The third-order valence-electron chi connectivity index (χ3n) is 6.75. The van der Waals surface area contributed by atoms with Crippen LogP contribution in [-0.2, 0) is 4.79 Å². The highest BCUT2D eigenvalue weighted by Crippen LogP contribution is 2.42. The van der Waals surface area contributed by atoms with Gasteiger partial charge in [0.1, 0.15) is 0 Å². The smallest absolute Gasteiger partial charge is 0.236 e. The van der Waals surface area contributed by atoms with Gasteiger partial charge in [-0.2, -0.15) is 0 Å². The Bertz CT molecular complexity index is 1190. The number of rotatable bonds is 7. The second kappa shape index (κ2) is 11.4. The average Bonchev–Trinajstić information content (AvgIpc) is 2.90. The van der Waals surface area contributed by atoms with Crippen LogP contribution in [-0.4, -0.2) is 61.0 Å². The maximum Gasteiger partial charge on any atom is 0.236 e. The molecular formula is C29H28Cl2N2O3. The van der Waals surface area contributed by atoms with Crippen LogP contribution in [0.2, 0.25) is 10.0 Å². The number of benzene rings is 3. The summed E-state index contributed by atoms with van der Waals surface area (Å²) >= 11 is 12.6. The van der Waals surface area contributed by atoms with Crippen molar-refractivity contribution in [2.75, 3.05) is 33.7 Å². The van der Waals surface area contributed by atoms with Gasteiger partial charge in [-0.1, -0.05) is 89.9 Å². The van der Waals surface area contributed by atoms with Crippen LogP contribution in [0.5, 0.6) is 0 Å². The number of likely N-dealkylation sites (N-methyl/N-ethyl adjacent to an activating group) is 1. The lowest BCUT2D eigenvalue weighted by molar-refractivity contribution is -0.130. The van der Waals surface area contributed by atoms with Crippen molar-refractivity contribution in [1.82, 2.24) is 9.80 Å². The summed E-state index contributed by atoms with van der Waals surface area (Å²) in [5, 5.41) is 0.780. The Morgan fingerprint density at radius 2 is 1.28 bits per heavy atom. The van der Waals surface area contributed by atoms with Crippen LogP contribution >= 0.6 is 23.2 Å². The lowest BCUT2D eigenvalue weighted by Gasteiger charge is -2.43. The second-order valence-electron chi connectivity index (χ2n) is 9.36. The molecule has 1 saturated heterocycles. The van der Waals surface area contributed by atoms with E-state index < -0.39 is 17.8 Å². The molecule has 3 aromatic rings. The summed E-state index contributed by atoms with van der Waals surface area (Å²) in [5.41, 5.74) is 1.92. The Morgan fingerprint density at radius 1 is 0.778 bits per heavy atom. The van der Waals surface area contributed by atoms with Crippen molar-refractivity contribution in [1.29, 1.82) is 0 Å². The molecule has 5 nitrogen and oxygen atoms in total. The van der Waals surface area contributed by atoms with Crippen molar-refractivity contribution < 1.29 is 14.4 Å². The zero-order chi connectivity index (χ0) is 25.8. The Hall–Kier alpha value is -2.99. The molecule has 2 atom stereocenters. The molecule has 0 saturated carbocycles. The van der Waals surface area contributed by atoms with E-state index in [9.17, 15) is 14.4 Å². The highest BCUT2D eigenvalue weighted by molar-refractivity contribution is 6.42. The van der Waals surface area contributed by atoms with E-state index in [-0.39, 0.29) is 24.0 Å². The minimum atomic E-state index is -0.564. The first-order valence-corrected chi connectivity index (χ1v) is 12.6. The number of likely N-dealkylation sites (tertiary alicyclic amines) is 1. The molecule has 186 valence electrons. The standard InChI is InChI=1S/C29H28Cl2N2O3/c1-32(2)26(34)18-33-16-22(28(35)19-9-5-3-6-10-19)27(21-13-14-24(30)25(31)15-21)23(17-33)29(36)20-11-7-4-8-12-20/h3-15,22-23,27H,16-18H2,1-2H3/t22-,23-/m0/s1. The zero-order valence-corrected chi connectivity index (χ0v) is 21.7. The van der Waals surface area contributed by atoms with E-state index in [1.807, 2.05) is 47.4 Å². The predicted octanol–water partition coefficient (Wildman–Crippen LogP) is 5.48. The van der Waals surface area contributed by atoms with E-state index in [0.717, 1.165) is 5.56 Å². The summed E-state index contributed by atoms with van der Waals surface area (Å²) in [5.74, 6) is -1.79. The number of piperidine rings is 1. The molecule has 0 aliphatic carbocycles. The molecule has 1 aliphatic heterocycles. The van der Waals surface area contributed by atoms with Gasteiger partial charge in [0.15, 0.2) is 11.6 Å². The summed E-state index contributed by atoms with van der Waals surface area (Å²) in [6.45, 7) is 0.811. The fourth-order valence-electron chi connectivity index (χ4n) is 4.91. The molecule has 0 aromatic heterocycles. The van der Waals surface area contributed by atoms with Crippen LogP contribution in [0.1, 0.15) is 32.2 Å². The van der Waals surface area contributed by atoms with Gasteiger partial charge in [-0.05, 0) is 17.7 Å². The SMILES string of the molecule is CN(C)C(=O)CN1C[C@H](C(=O)c2ccccc2)C(c2ccc(Cl)c(Cl)c2)[C@@H](C(=O)c2ccccc2)C1. The monoisotopic (exact) mass is 522 g/mol. The maximum atomic E-state index is 13.9. The quantitative estimate of drug-likeness (QED) is 0.385. The first-order valence-electron chi connectivity index (χ1n) is 11.8. The molecule has 0 bridgehead atoms. The normalized spacial score (nSPS) is 18.6. The molecule has 1 amide bonds. The number of carbonyl (C=O) groups excluding carboxylic acids is 3. The number of amides is 1. The molecule has 0 radical (unpaired) electrons. The molecule has 1 aliphatic rings. The van der Waals surface area contributed by atoms with Gasteiger partial charge in [-0.3, -0.25) is 19.3 Å². The zero-order valence-electron chi connectivity index (χ0n) is 20.2. The molecule has 1 fully saturated rings. The van der Waals surface area contributed by atoms with Crippen molar-refractivity contribution in [2.24, 2.45) is 11.8 Å². The van der Waals surface area contributed by atoms with E-state index >= 15 is 0 Å². The molecule has 4 rings (SSSR count).